The zero-order valence-electron chi connectivity index (χ0n) is 19.8. The molecule has 0 unspecified atom stereocenters. The Morgan fingerprint density at radius 2 is 1.85 bits per heavy atom. The highest BCUT2D eigenvalue weighted by molar-refractivity contribution is 6.08. The zero-order chi connectivity index (χ0) is 24.5. The molecule has 2 aromatic heterocycles. The Balaban J connectivity index is 1.74. The molecular weight excluding hydrogens is 428 g/mol. The number of carbonyl (C=O) groups excluding carboxylic acids is 1. The third kappa shape index (κ3) is 4.30. The molecular formula is C27H26N4O3. The normalized spacial score (nSPS) is 11.2. The first-order valence-electron chi connectivity index (χ1n) is 10.8. The molecule has 0 aliphatic heterocycles. The Morgan fingerprint density at radius 1 is 1.12 bits per heavy atom. The number of amides is 1. The van der Waals surface area contributed by atoms with Crippen molar-refractivity contribution >= 4 is 22.5 Å². The number of carbonyl (C=O) groups is 1. The minimum Gasteiger partial charge on any atom is -0.493 e. The third-order valence-corrected chi connectivity index (χ3v) is 5.66. The summed E-state index contributed by atoms with van der Waals surface area (Å²) in [6.07, 6.45) is 3.32. The molecule has 2 heterocycles. The molecule has 1 N–H and O–H groups in total. The molecule has 7 nitrogen and oxygen atoms in total. The van der Waals surface area contributed by atoms with E-state index in [2.05, 4.69) is 37.1 Å². The molecule has 7 heteroatoms. The summed E-state index contributed by atoms with van der Waals surface area (Å²) in [7, 11) is 3.31. The molecule has 4 aromatic rings. The molecule has 34 heavy (non-hydrogen) atoms. The Hall–Kier alpha value is -4.31. The second-order valence-corrected chi connectivity index (χ2v) is 8.99. The van der Waals surface area contributed by atoms with E-state index in [-0.39, 0.29) is 11.3 Å². The first kappa shape index (κ1) is 22.9. The number of aromatic nitrogens is 2. The van der Waals surface area contributed by atoms with Gasteiger partial charge in [-0.2, -0.15) is 5.26 Å². The Labute approximate surface area is 198 Å². The molecule has 172 valence electrons. The van der Waals surface area contributed by atoms with Crippen molar-refractivity contribution in [2.24, 2.45) is 7.05 Å². The van der Waals surface area contributed by atoms with Gasteiger partial charge in [0, 0.05) is 24.8 Å². The minimum atomic E-state index is -0.318. The lowest BCUT2D eigenvalue weighted by Gasteiger charge is -2.22. The number of rotatable bonds is 5. The highest BCUT2D eigenvalue weighted by Gasteiger charge is 2.23. The van der Waals surface area contributed by atoms with E-state index in [1.165, 1.54) is 7.11 Å². The van der Waals surface area contributed by atoms with Gasteiger partial charge in [0.25, 0.3) is 5.91 Å². The van der Waals surface area contributed by atoms with Crippen LogP contribution < -0.4 is 14.8 Å². The maximum absolute atomic E-state index is 13.4. The van der Waals surface area contributed by atoms with E-state index in [1.54, 1.807) is 35.2 Å². The molecule has 0 aliphatic rings. The van der Waals surface area contributed by atoms with E-state index in [4.69, 9.17) is 9.47 Å². The van der Waals surface area contributed by atoms with Crippen LogP contribution in [0, 0.1) is 11.3 Å². The molecule has 0 spiro atoms. The summed E-state index contributed by atoms with van der Waals surface area (Å²) in [5, 5.41) is 13.5. The molecule has 0 fully saturated rings. The first-order chi connectivity index (χ1) is 16.2. The van der Waals surface area contributed by atoms with Gasteiger partial charge < -0.3 is 19.4 Å². The van der Waals surface area contributed by atoms with Crippen molar-refractivity contribution in [2.45, 2.75) is 26.2 Å². The van der Waals surface area contributed by atoms with Gasteiger partial charge in [-0.05, 0) is 47.4 Å². The number of ether oxygens (including phenoxy) is 2. The maximum atomic E-state index is 13.4. The minimum absolute atomic E-state index is 0.212. The lowest BCUT2D eigenvalue weighted by atomic mass is 9.85. The van der Waals surface area contributed by atoms with Crippen molar-refractivity contribution in [2.75, 3.05) is 12.4 Å². The summed E-state index contributed by atoms with van der Waals surface area (Å²) in [4.78, 5) is 17.4. The summed E-state index contributed by atoms with van der Waals surface area (Å²) < 4.78 is 13.3. The molecule has 1 amide bonds. The number of pyridine rings is 1. The van der Waals surface area contributed by atoms with Crippen molar-refractivity contribution in [3.63, 3.8) is 0 Å². The van der Waals surface area contributed by atoms with Crippen LogP contribution in [0.15, 0.2) is 60.9 Å². The lowest BCUT2D eigenvalue weighted by Crippen LogP contribution is -2.18. The van der Waals surface area contributed by atoms with E-state index in [0.29, 0.717) is 34.2 Å². The van der Waals surface area contributed by atoms with Crippen LogP contribution in [0.2, 0.25) is 0 Å². The van der Waals surface area contributed by atoms with Crippen LogP contribution in [0.25, 0.3) is 10.9 Å². The van der Waals surface area contributed by atoms with Gasteiger partial charge in [0.2, 0.25) is 0 Å². The van der Waals surface area contributed by atoms with Gasteiger partial charge in [-0.3, -0.25) is 9.78 Å². The highest BCUT2D eigenvalue weighted by atomic mass is 16.5. The van der Waals surface area contributed by atoms with E-state index in [0.717, 1.165) is 16.5 Å². The van der Waals surface area contributed by atoms with Crippen molar-refractivity contribution < 1.29 is 14.3 Å². The van der Waals surface area contributed by atoms with Crippen LogP contribution >= 0.6 is 0 Å². The smallest absolute Gasteiger partial charge is 0.272 e. The van der Waals surface area contributed by atoms with Crippen molar-refractivity contribution in [3.05, 3.63) is 77.7 Å². The fourth-order valence-electron chi connectivity index (χ4n) is 3.86. The van der Waals surface area contributed by atoms with Crippen molar-refractivity contribution in [3.8, 4) is 23.3 Å². The van der Waals surface area contributed by atoms with Crippen molar-refractivity contribution in [1.29, 1.82) is 5.26 Å². The van der Waals surface area contributed by atoms with Gasteiger partial charge in [0.15, 0.2) is 11.5 Å². The first-order valence-corrected chi connectivity index (χ1v) is 10.8. The standard InChI is InChI=1S/C27H26N4O3/c1-27(2,3)19-13-18(16-28)25(33-5)21(15-19)30-26(32)22-14-17-7-6-8-23(24(17)31(22)4)34-20-9-11-29-12-10-20/h6-15H,1-5H3,(H,30,32). The summed E-state index contributed by atoms with van der Waals surface area (Å²) in [5.74, 6) is 1.30. The summed E-state index contributed by atoms with van der Waals surface area (Å²) in [5.41, 5.74) is 2.77. The molecule has 0 saturated carbocycles. The molecule has 0 bridgehead atoms. The average Bonchev–Trinajstić information content (AvgIpc) is 3.16. The number of hydrogen-bond donors (Lipinski definition) is 1. The Bertz CT molecular complexity index is 1410. The molecule has 2 aromatic carbocycles. The predicted molar refractivity (Wildman–Crippen MR) is 132 cm³/mol. The van der Waals surface area contributed by atoms with Crippen LogP contribution in [-0.2, 0) is 12.5 Å². The number of nitriles is 1. The van der Waals surface area contributed by atoms with Crippen LogP contribution in [0.3, 0.4) is 0 Å². The molecule has 0 radical (unpaired) electrons. The number of benzene rings is 2. The summed E-state index contributed by atoms with van der Waals surface area (Å²) in [6, 6.07) is 16.9. The van der Waals surface area contributed by atoms with E-state index in [1.807, 2.05) is 37.4 Å². The number of methoxy groups -OCH3 is 1. The number of aryl methyl sites for hydroxylation is 1. The van der Waals surface area contributed by atoms with Crippen LogP contribution in [0.5, 0.6) is 17.2 Å². The lowest BCUT2D eigenvalue weighted by molar-refractivity contribution is 0.101. The largest absolute Gasteiger partial charge is 0.493 e. The van der Waals surface area contributed by atoms with Gasteiger partial charge >= 0.3 is 0 Å². The Kier molecular flexibility index (Phi) is 5.99. The number of hydrogen-bond acceptors (Lipinski definition) is 5. The number of anilines is 1. The quantitative estimate of drug-likeness (QED) is 0.412. The van der Waals surface area contributed by atoms with Crippen LogP contribution in [0.1, 0.15) is 42.4 Å². The summed E-state index contributed by atoms with van der Waals surface area (Å²) >= 11 is 0. The van der Waals surface area contributed by atoms with E-state index >= 15 is 0 Å². The highest BCUT2D eigenvalue weighted by Crippen LogP contribution is 2.36. The fraction of sp³-hybridized carbons (Fsp3) is 0.222. The Morgan fingerprint density at radius 3 is 2.50 bits per heavy atom. The van der Waals surface area contributed by atoms with Gasteiger partial charge in [0.05, 0.1) is 23.9 Å². The number of nitrogens with one attached hydrogen (secondary N) is 1. The summed E-state index contributed by atoms with van der Waals surface area (Å²) in [6.45, 7) is 6.15. The fourth-order valence-corrected chi connectivity index (χ4v) is 3.86. The molecule has 0 aliphatic carbocycles. The van der Waals surface area contributed by atoms with Crippen LogP contribution in [0.4, 0.5) is 5.69 Å². The second-order valence-electron chi connectivity index (χ2n) is 8.99. The van der Waals surface area contributed by atoms with E-state index < -0.39 is 0 Å². The number of nitrogens with zero attached hydrogens (tertiary/aromatic N) is 3. The monoisotopic (exact) mass is 454 g/mol. The molecule has 0 saturated heterocycles. The average molecular weight is 455 g/mol. The third-order valence-electron chi connectivity index (χ3n) is 5.66. The molecule has 4 rings (SSSR count). The SMILES string of the molecule is COc1c(C#N)cc(C(C)(C)C)cc1NC(=O)c1cc2cccc(Oc3ccncc3)c2n1C. The van der Waals surface area contributed by atoms with Crippen LogP contribution in [-0.4, -0.2) is 22.6 Å². The predicted octanol–water partition coefficient (Wildman–Crippen LogP) is 5.80. The van der Waals surface area contributed by atoms with Gasteiger partial charge in [0.1, 0.15) is 17.5 Å². The number of para-hydroxylation sites is 1. The van der Waals surface area contributed by atoms with Gasteiger partial charge in [-0.15, -0.1) is 0 Å². The van der Waals surface area contributed by atoms with Gasteiger partial charge in [-0.25, -0.2) is 0 Å². The second kappa shape index (κ2) is 8.91. The maximum Gasteiger partial charge on any atom is 0.272 e. The molecule has 0 atom stereocenters. The van der Waals surface area contributed by atoms with Gasteiger partial charge in [-0.1, -0.05) is 32.9 Å². The van der Waals surface area contributed by atoms with Crippen molar-refractivity contribution in [1.82, 2.24) is 9.55 Å². The topological polar surface area (TPSA) is 89.2 Å². The zero-order valence-corrected chi connectivity index (χ0v) is 19.8. The number of fused-ring (bicyclic) bond motifs is 1. The van der Waals surface area contributed by atoms with E-state index in [9.17, 15) is 10.1 Å².